The maximum atomic E-state index is 12.3. The van der Waals surface area contributed by atoms with Crippen LogP contribution in [0.2, 0.25) is 0 Å². The minimum Gasteiger partial charge on any atom is -0.492 e. The van der Waals surface area contributed by atoms with Gasteiger partial charge in [0, 0.05) is 37.3 Å². The van der Waals surface area contributed by atoms with Gasteiger partial charge in [-0.15, -0.1) is 0 Å². The molecule has 0 aliphatic carbocycles. The highest BCUT2D eigenvalue weighted by atomic mass is 32.2. The lowest BCUT2D eigenvalue weighted by atomic mass is 10.1. The van der Waals surface area contributed by atoms with Gasteiger partial charge in [-0.3, -0.25) is 4.31 Å². The number of hydrogen-bond acceptors (Lipinski definition) is 6. The van der Waals surface area contributed by atoms with Crippen LogP contribution >= 0.6 is 0 Å². The largest absolute Gasteiger partial charge is 0.492 e. The molecular weight excluding hydrogens is 450 g/mol. The Balaban J connectivity index is 1.46. The molecule has 1 fully saturated rings. The van der Waals surface area contributed by atoms with E-state index in [1.807, 2.05) is 60.6 Å². The van der Waals surface area contributed by atoms with E-state index in [-0.39, 0.29) is 5.75 Å². The van der Waals surface area contributed by atoms with Gasteiger partial charge in [0.2, 0.25) is 10.0 Å². The van der Waals surface area contributed by atoms with Crippen LogP contribution in [-0.2, 0) is 16.6 Å². The highest BCUT2D eigenvalue weighted by Crippen LogP contribution is 2.36. The van der Waals surface area contributed by atoms with Crippen LogP contribution in [0.5, 0.6) is 5.75 Å². The molecular formula is C25H27N5O3S. The summed E-state index contributed by atoms with van der Waals surface area (Å²) in [5.41, 5.74) is 7.14. The molecule has 0 bridgehead atoms. The first-order chi connectivity index (χ1) is 16.5. The molecule has 2 aromatic carbocycles. The van der Waals surface area contributed by atoms with Crippen LogP contribution < -0.4 is 14.5 Å². The molecule has 0 spiro atoms. The van der Waals surface area contributed by atoms with Crippen LogP contribution in [0.3, 0.4) is 0 Å². The summed E-state index contributed by atoms with van der Waals surface area (Å²) >= 11 is 0. The van der Waals surface area contributed by atoms with E-state index in [1.54, 1.807) is 0 Å². The third kappa shape index (κ3) is 4.00. The number of nitrogens with one attached hydrogen (secondary N) is 1. The summed E-state index contributed by atoms with van der Waals surface area (Å²) in [5, 5.41) is 12.9. The van der Waals surface area contributed by atoms with E-state index in [9.17, 15) is 13.7 Å². The van der Waals surface area contributed by atoms with Gasteiger partial charge in [0.1, 0.15) is 18.4 Å². The minimum absolute atomic E-state index is 0.188. The maximum Gasteiger partial charge on any atom is 0.235 e. The quantitative estimate of drug-likeness (QED) is 0.561. The Bertz CT molecular complexity index is 1390. The topological polar surface area (TPSA) is 90.6 Å². The fourth-order valence-corrected chi connectivity index (χ4v) is 6.26. The first kappa shape index (κ1) is 22.3. The van der Waals surface area contributed by atoms with E-state index in [1.165, 1.54) is 4.31 Å². The van der Waals surface area contributed by atoms with Crippen molar-refractivity contribution in [2.75, 3.05) is 36.3 Å². The molecule has 2 aliphatic heterocycles. The van der Waals surface area contributed by atoms with E-state index < -0.39 is 10.0 Å². The van der Waals surface area contributed by atoms with Gasteiger partial charge in [-0.2, -0.15) is 5.26 Å². The van der Waals surface area contributed by atoms with E-state index in [2.05, 4.69) is 22.1 Å². The second kappa shape index (κ2) is 9.05. The van der Waals surface area contributed by atoms with Gasteiger partial charge in [-0.1, -0.05) is 18.2 Å². The lowest BCUT2D eigenvalue weighted by molar-refractivity contribution is 0.225. The van der Waals surface area contributed by atoms with E-state index in [0.717, 1.165) is 41.0 Å². The summed E-state index contributed by atoms with van der Waals surface area (Å²) < 4.78 is 34.1. The second-order valence-corrected chi connectivity index (χ2v) is 10.3. The number of sulfonamides is 1. The molecule has 2 aliphatic rings. The third-order valence-corrected chi connectivity index (χ3v) is 8.16. The summed E-state index contributed by atoms with van der Waals surface area (Å²) in [7, 11) is -3.23. The van der Waals surface area contributed by atoms with E-state index in [0.29, 0.717) is 37.4 Å². The van der Waals surface area contributed by atoms with Crippen molar-refractivity contribution in [2.24, 2.45) is 0 Å². The van der Waals surface area contributed by atoms with Gasteiger partial charge in [0.25, 0.3) is 0 Å². The van der Waals surface area contributed by atoms with Crippen LogP contribution in [0.15, 0.2) is 54.7 Å². The summed E-state index contributed by atoms with van der Waals surface area (Å²) in [6.07, 6.45) is 4.70. The van der Waals surface area contributed by atoms with Crippen molar-refractivity contribution < 1.29 is 13.2 Å². The molecule has 0 amide bonds. The Kier molecular flexibility index (Phi) is 5.94. The summed E-state index contributed by atoms with van der Waals surface area (Å²) in [6, 6.07) is 15.7. The van der Waals surface area contributed by atoms with Crippen LogP contribution in [0, 0.1) is 11.3 Å². The molecule has 3 aromatic rings. The van der Waals surface area contributed by atoms with Crippen molar-refractivity contribution in [1.29, 1.82) is 5.26 Å². The number of nitriles is 1. The standard InChI is InChI=1S/C25H27N5O3S/c1-2-29-24-17-21(33-15-14-28-12-3-11-27-28)9-10-22(24)23(18-26)25(29)19-5-7-20(8-6-19)30-13-4-16-34(30,31)32/h3,5-10,12,17,27H,2,4,11,13-16H2,1H3. The number of anilines is 1. The summed E-state index contributed by atoms with van der Waals surface area (Å²) in [6.45, 7) is 5.35. The molecule has 8 nitrogen and oxygen atoms in total. The predicted octanol–water partition coefficient (Wildman–Crippen LogP) is 3.45. The van der Waals surface area contributed by atoms with Crippen molar-refractivity contribution in [1.82, 2.24) is 15.0 Å². The first-order valence-electron chi connectivity index (χ1n) is 11.5. The Hall–Kier alpha value is -3.48. The summed E-state index contributed by atoms with van der Waals surface area (Å²) in [5.74, 6) is 0.945. The van der Waals surface area contributed by atoms with Crippen molar-refractivity contribution in [2.45, 2.75) is 19.9 Å². The molecule has 34 heavy (non-hydrogen) atoms. The number of benzene rings is 2. The molecule has 9 heteroatoms. The summed E-state index contributed by atoms with van der Waals surface area (Å²) in [4.78, 5) is 0. The molecule has 3 heterocycles. The Morgan fingerprint density at radius 3 is 2.65 bits per heavy atom. The zero-order chi connectivity index (χ0) is 23.7. The van der Waals surface area contributed by atoms with Crippen molar-refractivity contribution in [3.05, 3.63) is 60.3 Å². The molecule has 0 saturated carbocycles. The number of fused-ring (bicyclic) bond motifs is 1. The van der Waals surface area contributed by atoms with Crippen molar-refractivity contribution in [3.8, 4) is 23.1 Å². The molecule has 1 aromatic heterocycles. The monoisotopic (exact) mass is 477 g/mol. The average Bonchev–Trinajstić information content (AvgIpc) is 3.56. The number of hydrazine groups is 1. The molecule has 176 valence electrons. The second-order valence-electron chi connectivity index (χ2n) is 8.34. The van der Waals surface area contributed by atoms with Crippen LogP contribution in [-0.4, -0.2) is 50.0 Å². The number of ether oxygens (including phenoxy) is 1. The number of rotatable bonds is 7. The number of aromatic nitrogens is 1. The van der Waals surface area contributed by atoms with Crippen LogP contribution in [0.1, 0.15) is 18.9 Å². The van der Waals surface area contributed by atoms with Crippen molar-refractivity contribution in [3.63, 3.8) is 0 Å². The van der Waals surface area contributed by atoms with Crippen LogP contribution in [0.4, 0.5) is 5.69 Å². The van der Waals surface area contributed by atoms with Crippen molar-refractivity contribution >= 4 is 26.6 Å². The zero-order valence-corrected chi connectivity index (χ0v) is 19.9. The first-order valence-corrected chi connectivity index (χ1v) is 13.1. The minimum atomic E-state index is -3.23. The fraction of sp³-hybridized carbons (Fsp3) is 0.320. The lowest BCUT2D eigenvalue weighted by Crippen LogP contribution is -2.32. The van der Waals surface area contributed by atoms with Gasteiger partial charge in [0.05, 0.1) is 34.8 Å². The Labute approximate surface area is 199 Å². The molecule has 0 unspecified atom stereocenters. The smallest absolute Gasteiger partial charge is 0.235 e. The fourth-order valence-electron chi connectivity index (χ4n) is 4.69. The SMILES string of the molecule is CCn1c(-c2ccc(N3CCCS3(=O)=O)cc2)c(C#N)c2ccc(OCCN3C=CCN3)cc21. The Morgan fingerprint density at radius 2 is 2.00 bits per heavy atom. The molecule has 1 saturated heterocycles. The highest BCUT2D eigenvalue weighted by molar-refractivity contribution is 7.93. The molecule has 5 rings (SSSR count). The molecule has 0 atom stereocenters. The van der Waals surface area contributed by atoms with Gasteiger partial charge < -0.3 is 14.3 Å². The van der Waals surface area contributed by atoms with Gasteiger partial charge in [0.15, 0.2) is 0 Å². The highest BCUT2D eigenvalue weighted by Gasteiger charge is 2.28. The zero-order valence-electron chi connectivity index (χ0n) is 19.1. The van der Waals surface area contributed by atoms with Gasteiger partial charge in [-0.05, 0) is 43.2 Å². The lowest BCUT2D eigenvalue weighted by Gasteiger charge is -2.17. The molecule has 1 N–H and O–H groups in total. The van der Waals surface area contributed by atoms with Gasteiger partial charge >= 0.3 is 0 Å². The predicted molar refractivity (Wildman–Crippen MR) is 133 cm³/mol. The van der Waals surface area contributed by atoms with Crippen LogP contribution in [0.25, 0.3) is 22.2 Å². The molecule has 0 radical (unpaired) electrons. The average molecular weight is 478 g/mol. The van der Waals surface area contributed by atoms with Gasteiger partial charge in [-0.25, -0.2) is 13.8 Å². The maximum absolute atomic E-state index is 12.3. The normalized spacial score (nSPS) is 16.9. The third-order valence-electron chi connectivity index (χ3n) is 6.29. The Morgan fingerprint density at radius 1 is 1.18 bits per heavy atom. The van der Waals surface area contributed by atoms with E-state index in [4.69, 9.17) is 4.74 Å². The number of nitrogens with zero attached hydrogens (tertiary/aromatic N) is 4. The number of hydrogen-bond donors (Lipinski definition) is 1. The number of aryl methyl sites for hydroxylation is 1. The van der Waals surface area contributed by atoms with E-state index >= 15 is 0 Å².